The molecule has 0 atom stereocenters. The number of guanidine groups is 1. The summed E-state index contributed by atoms with van der Waals surface area (Å²) in [6.45, 7) is 6.18. The van der Waals surface area contributed by atoms with Crippen molar-refractivity contribution in [3.05, 3.63) is 29.8 Å². The van der Waals surface area contributed by atoms with E-state index in [1.165, 1.54) is 44.1 Å². The van der Waals surface area contributed by atoms with Crippen molar-refractivity contribution in [1.29, 1.82) is 0 Å². The van der Waals surface area contributed by atoms with Gasteiger partial charge in [0, 0.05) is 26.2 Å². The number of nitrogens with one attached hydrogen (secondary N) is 1. The molecule has 3 rings (SSSR count). The predicted molar refractivity (Wildman–Crippen MR) is 115 cm³/mol. The summed E-state index contributed by atoms with van der Waals surface area (Å²) in [5.74, 6) is 2.09. The summed E-state index contributed by atoms with van der Waals surface area (Å²) in [6.07, 6.45) is 9.02. The first-order valence-electron chi connectivity index (χ1n) is 9.64. The zero-order valence-electron chi connectivity index (χ0n) is 15.4. The molecular formula is C20H32IN3O. The highest BCUT2D eigenvalue weighted by Gasteiger charge is 2.16. The maximum Gasteiger partial charge on any atom is 0.193 e. The fraction of sp³-hybridized carbons (Fsp3) is 0.650. The smallest absolute Gasteiger partial charge is 0.193 e. The van der Waals surface area contributed by atoms with E-state index in [-0.39, 0.29) is 24.0 Å². The second-order valence-electron chi connectivity index (χ2n) is 6.85. The quantitative estimate of drug-likeness (QED) is 0.395. The molecule has 1 heterocycles. The molecule has 4 nitrogen and oxygen atoms in total. The Kier molecular flexibility index (Phi) is 8.85. The maximum atomic E-state index is 6.03. The highest BCUT2D eigenvalue weighted by atomic mass is 127. The Morgan fingerprint density at radius 1 is 1.12 bits per heavy atom. The summed E-state index contributed by atoms with van der Waals surface area (Å²) in [7, 11) is 0. The lowest BCUT2D eigenvalue weighted by Crippen LogP contribution is -2.39. The summed E-state index contributed by atoms with van der Waals surface area (Å²) in [5, 5.41) is 3.42. The zero-order chi connectivity index (χ0) is 16.6. The van der Waals surface area contributed by atoms with Gasteiger partial charge < -0.3 is 15.0 Å². The molecule has 0 bridgehead atoms. The third-order valence-corrected chi connectivity index (χ3v) is 4.93. The lowest BCUT2D eigenvalue weighted by atomic mass is 10.1. The van der Waals surface area contributed by atoms with Crippen LogP contribution in [0.1, 0.15) is 51.0 Å². The van der Waals surface area contributed by atoms with Gasteiger partial charge in [-0.15, -0.1) is 24.0 Å². The number of likely N-dealkylation sites (tertiary alicyclic amines) is 1. The lowest BCUT2D eigenvalue weighted by molar-refractivity contribution is 0.210. The van der Waals surface area contributed by atoms with Gasteiger partial charge in [-0.1, -0.05) is 12.1 Å². The normalized spacial score (nSPS) is 18.3. The Morgan fingerprint density at radius 2 is 1.80 bits per heavy atom. The number of nitrogens with zero attached hydrogens (tertiary/aromatic N) is 2. The highest BCUT2D eigenvalue weighted by molar-refractivity contribution is 14.0. The summed E-state index contributed by atoms with van der Waals surface area (Å²) in [6, 6.07) is 8.59. The van der Waals surface area contributed by atoms with Gasteiger partial charge in [-0.3, -0.25) is 4.99 Å². The third-order valence-electron chi connectivity index (χ3n) is 4.93. The van der Waals surface area contributed by atoms with Crippen molar-refractivity contribution in [2.75, 3.05) is 26.2 Å². The van der Waals surface area contributed by atoms with Crippen molar-refractivity contribution in [2.24, 2.45) is 4.99 Å². The van der Waals surface area contributed by atoms with Gasteiger partial charge in [0.2, 0.25) is 0 Å². The molecule has 1 saturated heterocycles. The van der Waals surface area contributed by atoms with Gasteiger partial charge in [-0.25, -0.2) is 0 Å². The average Bonchev–Trinajstić information content (AvgIpc) is 3.29. The molecule has 0 unspecified atom stereocenters. The number of benzene rings is 1. The molecule has 25 heavy (non-hydrogen) atoms. The molecule has 1 aromatic carbocycles. The molecule has 1 aromatic rings. The second-order valence-corrected chi connectivity index (χ2v) is 6.85. The van der Waals surface area contributed by atoms with Crippen LogP contribution in [-0.2, 0) is 6.42 Å². The first-order chi connectivity index (χ1) is 11.8. The second kappa shape index (κ2) is 10.9. The fourth-order valence-electron chi connectivity index (χ4n) is 3.58. The molecule has 0 spiro atoms. The van der Waals surface area contributed by atoms with Crippen LogP contribution >= 0.6 is 24.0 Å². The van der Waals surface area contributed by atoms with E-state index in [0.717, 1.165) is 44.3 Å². The number of aliphatic imine (C=N–C) groups is 1. The van der Waals surface area contributed by atoms with Crippen molar-refractivity contribution in [1.82, 2.24) is 10.2 Å². The van der Waals surface area contributed by atoms with Gasteiger partial charge in [0.25, 0.3) is 0 Å². The minimum absolute atomic E-state index is 0. The van der Waals surface area contributed by atoms with E-state index in [1.807, 2.05) is 0 Å². The minimum atomic E-state index is 0. The molecule has 0 radical (unpaired) electrons. The summed E-state index contributed by atoms with van der Waals surface area (Å²) in [4.78, 5) is 7.17. The van der Waals surface area contributed by atoms with E-state index >= 15 is 0 Å². The van der Waals surface area contributed by atoms with E-state index < -0.39 is 0 Å². The van der Waals surface area contributed by atoms with E-state index in [0.29, 0.717) is 6.10 Å². The van der Waals surface area contributed by atoms with Crippen LogP contribution in [0.3, 0.4) is 0 Å². The van der Waals surface area contributed by atoms with Crippen LogP contribution in [-0.4, -0.2) is 43.1 Å². The maximum absolute atomic E-state index is 6.03. The van der Waals surface area contributed by atoms with Gasteiger partial charge in [-0.05, 0) is 69.6 Å². The largest absolute Gasteiger partial charge is 0.490 e. The van der Waals surface area contributed by atoms with Crippen molar-refractivity contribution >= 4 is 29.9 Å². The van der Waals surface area contributed by atoms with Crippen LogP contribution in [0.15, 0.2) is 29.3 Å². The van der Waals surface area contributed by atoms with E-state index in [4.69, 9.17) is 9.73 Å². The predicted octanol–water partition coefficient (Wildman–Crippen LogP) is 4.23. The number of rotatable bonds is 6. The Hall–Kier alpha value is -0.980. The van der Waals surface area contributed by atoms with Crippen LogP contribution < -0.4 is 10.1 Å². The molecular weight excluding hydrogens is 425 g/mol. The number of ether oxygens (including phenoxy) is 1. The van der Waals surface area contributed by atoms with Gasteiger partial charge >= 0.3 is 0 Å². The molecule has 0 aromatic heterocycles. The molecule has 1 aliphatic heterocycles. The van der Waals surface area contributed by atoms with E-state index in [1.54, 1.807) is 0 Å². The zero-order valence-corrected chi connectivity index (χ0v) is 17.7. The molecule has 2 fully saturated rings. The molecule has 140 valence electrons. The first-order valence-corrected chi connectivity index (χ1v) is 9.64. The fourth-order valence-corrected chi connectivity index (χ4v) is 3.58. The Morgan fingerprint density at radius 3 is 2.44 bits per heavy atom. The molecule has 1 aliphatic carbocycles. The number of halogens is 1. The summed E-state index contributed by atoms with van der Waals surface area (Å²) >= 11 is 0. The Labute approximate surface area is 169 Å². The van der Waals surface area contributed by atoms with E-state index in [2.05, 4.69) is 41.4 Å². The molecule has 1 N–H and O–H groups in total. The lowest BCUT2D eigenvalue weighted by Gasteiger charge is -2.20. The summed E-state index contributed by atoms with van der Waals surface area (Å²) in [5.41, 5.74) is 1.33. The van der Waals surface area contributed by atoms with Crippen LogP contribution in [0.25, 0.3) is 0 Å². The van der Waals surface area contributed by atoms with Gasteiger partial charge in [0.15, 0.2) is 5.96 Å². The third kappa shape index (κ3) is 6.35. The molecule has 1 saturated carbocycles. The van der Waals surface area contributed by atoms with Crippen molar-refractivity contribution in [2.45, 2.75) is 58.0 Å². The topological polar surface area (TPSA) is 36.9 Å². The van der Waals surface area contributed by atoms with E-state index in [9.17, 15) is 0 Å². The van der Waals surface area contributed by atoms with Crippen molar-refractivity contribution in [3.63, 3.8) is 0 Å². The van der Waals surface area contributed by atoms with Crippen LogP contribution in [0.2, 0.25) is 0 Å². The number of hydrogen-bond acceptors (Lipinski definition) is 2. The standard InChI is InChI=1S/C20H31N3O.HI/c1-2-21-20(23-15-5-6-16-23)22-14-13-17-9-11-19(12-10-17)24-18-7-3-4-8-18;/h9-12,18H,2-8,13-16H2,1H3,(H,21,22);1H. The summed E-state index contributed by atoms with van der Waals surface area (Å²) < 4.78 is 6.03. The Bertz CT molecular complexity index is 520. The highest BCUT2D eigenvalue weighted by Crippen LogP contribution is 2.24. The molecule has 0 amide bonds. The van der Waals surface area contributed by atoms with Gasteiger partial charge in [0.1, 0.15) is 5.75 Å². The van der Waals surface area contributed by atoms with Gasteiger partial charge in [-0.2, -0.15) is 0 Å². The Balaban J connectivity index is 0.00000225. The average molecular weight is 457 g/mol. The van der Waals surface area contributed by atoms with Crippen molar-refractivity contribution in [3.8, 4) is 5.75 Å². The minimum Gasteiger partial charge on any atom is -0.490 e. The van der Waals surface area contributed by atoms with Crippen LogP contribution in [0.4, 0.5) is 0 Å². The van der Waals surface area contributed by atoms with Crippen LogP contribution in [0, 0.1) is 0 Å². The number of hydrogen-bond donors (Lipinski definition) is 1. The molecule has 5 heteroatoms. The SMILES string of the molecule is CCNC(=NCCc1ccc(OC2CCCC2)cc1)N1CCCC1.I. The van der Waals surface area contributed by atoms with Crippen molar-refractivity contribution < 1.29 is 4.74 Å². The first kappa shape index (κ1) is 20.3. The molecule has 2 aliphatic rings. The monoisotopic (exact) mass is 457 g/mol. The van der Waals surface area contributed by atoms with Crippen LogP contribution in [0.5, 0.6) is 5.75 Å². The van der Waals surface area contributed by atoms with Gasteiger partial charge in [0.05, 0.1) is 6.10 Å².